The van der Waals surface area contributed by atoms with Gasteiger partial charge in [0, 0.05) is 40.5 Å². The molecule has 4 rings (SSSR count). The molecule has 0 aliphatic carbocycles. The summed E-state index contributed by atoms with van der Waals surface area (Å²) in [6, 6.07) is 18.7. The summed E-state index contributed by atoms with van der Waals surface area (Å²) in [6.07, 6.45) is 3.28. The summed E-state index contributed by atoms with van der Waals surface area (Å²) in [5, 5.41) is 4.19. The topological polar surface area (TPSA) is 105 Å². The fraction of sp³-hybridized carbons (Fsp3) is 0.0833. The van der Waals surface area contributed by atoms with Gasteiger partial charge in [0.1, 0.15) is 5.37 Å². The highest BCUT2D eigenvalue weighted by Gasteiger charge is 2.33. The molecule has 3 amide bonds. The Labute approximate surface area is 189 Å². The number of urea groups is 1. The van der Waals surface area contributed by atoms with Crippen LogP contribution in [0.3, 0.4) is 0 Å². The Balaban J connectivity index is 1.45. The van der Waals surface area contributed by atoms with Gasteiger partial charge in [-0.25, -0.2) is 4.79 Å². The minimum atomic E-state index is -0.640. The van der Waals surface area contributed by atoms with Crippen LogP contribution in [0.15, 0.2) is 90.2 Å². The second kappa shape index (κ2) is 9.49. The fourth-order valence-electron chi connectivity index (χ4n) is 3.41. The van der Waals surface area contributed by atoms with Crippen LogP contribution in [0.5, 0.6) is 0 Å². The molecule has 3 N–H and O–H groups in total. The van der Waals surface area contributed by atoms with Crippen molar-refractivity contribution in [2.45, 2.75) is 11.8 Å². The first kappa shape index (κ1) is 21.3. The number of primary amides is 1. The molecule has 160 valence electrons. The number of hydrogen-bond donors (Lipinski definition) is 2. The molecule has 1 unspecified atom stereocenters. The van der Waals surface area contributed by atoms with E-state index < -0.39 is 6.03 Å². The average molecular weight is 445 g/mol. The van der Waals surface area contributed by atoms with Crippen LogP contribution in [0.25, 0.3) is 0 Å². The zero-order chi connectivity index (χ0) is 22.5. The molecule has 0 fully saturated rings. The van der Waals surface area contributed by atoms with E-state index in [1.54, 1.807) is 72.4 Å². The maximum atomic E-state index is 12.7. The molecule has 1 aromatic heterocycles. The number of ketones is 1. The van der Waals surface area contributed by atoms with E-state index in [0.29, 0.717) is 22.5 Å². The summed E-state index contributed by atoms with van der Waals surface area (Å²) in [5.74, 6) is -0.449. The van der Waals surface area contributed by atoms with Crippen LogP contribution in [0.1, 0.15) is 33.3 Å². The van der Waals surface area contributed by atoms with Gasteiger partial charge in [0.25, 0.3) is 0 Å². The van der Waals surface area contributed by atoms with Crippen LogP contribution in [0, 0.1) is 0 Å². The maximum absolute atomic E-state index is 12.7. The lowest BCUT2D eigenvalue weighted by Crippen LogP contribution is -2.35. The Morgan fingerprint density at radius 3 is 2.50 bits per heavy atom. The van der Waals surface area contributed by atoms with Gasteiger partial charge in [0.05, 0.1) is 6.42 Å². The quantitative estimate of drug-likeness (QED) is 0.551. The standard InChI is InChI=1S/C24H20N4O3S/c25-24(31)28-20(15-32-23(28)18-9-5-11-26-14-18)13-21(29)27-19-10-4-8-17(12-19)22(30)16-6-2-1-3-7-16/h1-12,14-15,23H,13H2,(H2,25,31)(H,27,29). The van der Waals surface area contributed by atoms with Crippen molar-refractivity contribution in [1.29, 1.82) is 0 Å². The van der Waals surface area contributed by atoms with Gasteiger partial charge in [0.15, 0.2) is 5.78 Å². The third-order valence-electron chi connectivity index (χ3n) is 4.87. The highest BCUT2D eigenvalue weighted by Crippen LogP contribution is 2.43. The number of rotatable bonds is 6. The number of thioether (sulfide) groups is 1. The summed E-state index contributed by atoms with van der Waals surface area (Å²) >= 11 is 1.39. The second-order valence-electron chi connectivity index (χ2n) is 7.09. The van der Waals surface area contributed by atoms with E-state index in [1.807, 2.05) is 12.1 Å². The molecule has 2 heterocycles. The van der Waals surface area contributed by atoms with Crippen molar-refractivity contribution in [3.63, 3.8) is 0 Å². The Morgan fingerprint density at radius 1 is 1.00 bits per heavy atom. The van der Waals surface area contributed by atoms with Gasteiger partial charge in [-0.15, -0.1) is 11.8 Å². The Hall–Kier alpha value is -3.91. The monoisotopic (exact) mass is 444 g/mol. The van der Waals surface area contributed by atoms with Crippen LogP contribution in [-0.2, 0) is 4.79 Å². The fourth-order valence-corrected chi connectivity index (χ4v) is 4.55. The number of nitrogens with zero attached hydrogens (tertiary/aromatic N) is 2. The van der Waals surface area contributed by atoms with Gasteiger partial charge in [-0.1, -0.05) is 48.5 Å². The number of nitrogens with two attached hydrogens (primary N) is 1. The molecule has 3 aromatic rings. The highest BCUT2D eigenvalue weighted by molar-refractivity contribution is 8.02. The predicted molar refractivity (Wildman–Crippen MR) is 124 cm³/mol. The predicted octanol–water partition coefficient (Wildman–Crippen LogP) is 4.31. The number of anilines is 1. The van der Waals surface area contributed by atoms with Crippen LogP contribution in [-0.4, -0.2) is 27.6 Å². The first-order valence-electron chi connectivity index (χ1n) is 9.85. The van der Waals surface area contributed by atoms with Crippen LogP contribution >= 0.6 is 11.8 Å². The molecule has 1 aliphatic rings. The van der Waals surface area contributed by atoms with E-state index in [0.717, 1.165) is 5.56 Å². The van der Waals surface area contributed by atoms with E-state index in [1.165, 1.54) is 16.7 Å². The van der Waals surface area contributed by atoms with Crippen molar-refractivity contribution in [3.05, 3.63) is 107 Å². The lowest BCUT2D eigenvalue weighted by atomic mass is 10.0. The lowest BCUT2D eigenvalue weighted by molar-refractivity contribution is -0.115. The maximum Gasteiger partial charge on any atom is 0.320 e. The number of carbonyl (C=O) groups excluding carboxylic acids is 3. The molecule has 8 heteroatoms. The number of amides is 3. The van der Waals surface area contributed by atoms with Gasteiger partial charge in [0.2, 0.25) is 5.91 Å². The summed E-state index contributed by atoms with van der Waals surface area (Å²) in [6.45, 7) is 0. The van der Waals surface area contributed by atoms with E-state index in [2.05, 4.69) is 10.3 Å². The minimum Gasteiger partial charge on any atom is -0.351 e. The van der Waals surface area contributed by atoms with Crippen molar-refractivity contribution in [1.82, 2.24) is 9.88 Å². The molecule has 1 atom stereocenters. The molecule has 32 heavy (non-hydrogen) atoms. The third kappa shape index (κ3) is 4.70. The van der Waals surface area contributed by atoms with Crippen LogP contribution in [0.2, 0.25) is 0 Å². The number of carbonyl (C=O) groups is 3. The number of nitrogens with one attached hydrogen (secondary N) is 1. The van der Waals surface area contributed by atoms with Crippen LogP contribution in [0.4, 0.5) is 10.5 Å². The number of pyridine rings is 1. The molecule has 7 nitrogen and oxygen atoms in total. The summed E-state index contributed by atoms with van der Waals surface area (Å²) < 4.78 is 0. The molecular weight excluding hydrogens is 424 g/mol. The van der Waals surface area contributed by atoms with Gasteiger partial charge in [-0.2, -0.15) is 0 Å². The third-order valence-corrected chi connectivity index (χ3v) is 6.02. The summed E-state index contributed by atoms with van der Waals surface area (Å²) in [4.78, 5) is 42.9. The molecule has 0 saturated carbocycles. The zero-order valence-electron chi connectivity index (χ0n) is 17.0. The Kier molecular flexibility index (Phi) is 6.32. The number of benzene rings is 2. The molecule has 0 radical (unpaired) electrons. The molecule has 1 aliphatic heterocycles. The Morgan fingerprint density at radius 2 is 1.78 bits per heavy atom. The highest BCUT2D eigenvalue weighted by atomic mass is 32.2. The van der Waals surface area contributed by atoms with E-state index in [4.69, 9.17) is 5.73 Å². The molecule has 2 aromatic carbocycles. The van der Waals surface area contributed by atoms with E-state index in [-0.39, 0.29) is 23.5 Å². The SMILES string of the molecule is NC(=O)N1C(CC(=O)Nc2cccc(C(=O)c3ccccc3)c2)=CSC1c1cccnc1. The largest absolute Gasteiger partial charge is 0.351 e. The number of hydrogen-bond acceptors (Lipinski definition) is 5. The average Bonchev–Trinajstić information content (AvgIpc) is 3.23. The van der Waals surface area contributed by atoms with Crippen molar-refractivity contribution in [3.8, 4) is 0 Å². The van der Waals surface area contributed by atoms with Crippen molar-refractivity contribution in [2.75, 3.05) is 5.32 Å². The van der Waals surface area contributed by atoms with Crippen molar-refractivity contribution < 1.29 is 14.4 Å². The summed E-state index contributed by atoms with van der Waals surface area (Å²) in [5.41, 5.74) is 8.46. The van der Waals surface area contributed by atoms with Gasteiger partial charge in [-0.3, -0.25) is 19.5 Å². The molecule has 0 spiro atoms. The first-order valence-corrected chi connectivity index (χ1v) is 10.8. The number of aromatic nitrogens is 1. The summed E-state index contributed by atoms with van der Waals surface area (Å²) in [7, 11) is 0. The van der Waals surface area contributed by atoms with Gasteiger partial charge < -0.3 is 11.1 Å². The second-order valence-corrected chi connectivity index (χ2v) is 8.05. The van der Waals surface area contributed by atoms with Crippen LogP contribution < -0.4 is 11.1 Å². The molecule has 0 saturated heterocycles. The minimum absolute atomic E-state index is 0.0381. The van der Waals surface area contributed by atoms with Gasteiger partial charge >= 0.3 is 6.03 Å². The lowest BCUT2D eigenvalue weighted by Gasteiger charge is -2.25. The van der Waals surface area contributed by atoms with Crippen molar-refractivity contribution >= 4 is 35.2 Å². The molecular formula is C24H20N4O3S. The van der Waals surface area contributed by atoms with Crippen molar-refractivity contribution in [2.24, 2.45) is 5.73 Å². The zero-order valence-corrected chi connectivity index (χ0v) is 17.8. The normalized spacial score (nSPS) is 15.2. The Bertz CT molecular complexity index is 1180. The first-order chi connectivity index (χ1) is 15.5. The molecule has 0 bridgehead atoms. The van der Waals surface area contributed by atoms with Gasteiger partial charge in [-0.05, 0) is 23.6 Å². The van der Waals surface area contributed by atoms with E-state index in [9.17, 15) is 14.4 Å². The van der Waals surface area contributed by atoms with E-state index >= 15 is 0 Å². The smallest absolute Gasteiger partial charge is 0.320 e.